The number of rotatable bonds is 4. The van der Waals surface area contributed by atoms with Crippen LogP contribution in [0.3, 0.4) is 0 Å². The SMILES string of the molecule is COc1cc([C@H]2CCCO2)cc(OC)c1S(N)(=O)=O. The average molecular weight is 287 g/mol. The Morgan fingerprint density at radius 3 is 2.21 bits per heavy atom. The molecule has 0 saturated carbocycles. The molecule has 0 bridgehead atoms. The molecule has 0 amide bonds. The summed E-state index contributed by atoms with van der Waals surface area (Å²) >= 11 is 0. The van der Waals surface area contributed by atoms with E-state index in [4.69, 9.17) is 19.3 Å². The van der Waals surface area contributed by atoms with Crippen molar-refractivity contribution in [2.24, 2.45) is 5.14 Å². The Labute approximate surface area is 112 Å². The van der Waals surface area contributed by atoms with Gasteiger partial charge in [-0.25, -0.2) is 13.6 Å². The zero-order valence-electron chi connectivity index (χ0n) is 10.9. The summed E-state index contributed by atoms with van der Waals surface area (Å²) in [5, 5.41) is 5.19. The van der Waals surface area contributed by atoms with Gasteiger partial charge in [-0.05, 0) is 30.5 Å². The van der Waals surface area contributed by atoms with Gasteiger partial charge in [0, 0.05) is 6.61 Å². The van der Waals surface area contributed by atoms with Crippen molar-refractivity contribution < 1.29 is 22.6 Å². The molecule has 19 heavy (non-hydrogen) atoms. The molecular weight excluding hydrogens is 270 g/mol. The third kappa shape index (κ3) is 2.83. The number of benzene rings is 1. The maximum Gasteiger partial charge on any atom is 0.245 e. The Bertz CT molecular complexity index is 538. The molecular formula is C12H17NO5S. The van der Waals surface area contributed by atoms with Crippen molar-refractivity contribution in [1.29, 1.82) is 0 Å². The van der Waals surface area contributed by atoms with Gasteiger partial charge in [-0.3, -0.25) is 0 Å². The molecule has 6 nitrogen and oxygen atoms in total. The monoisotopic (exact) mass is 287 g/mol. The molecule has 0 unspecified atom stereocenters. The smallest absolute Gasteiger partial charge is 0.245 e. The Hall–Kier alpha value is -1.31. The lowest BCUT2D eigenvalue weighted by Crippen LogP contribution is -2.15. The zero-order valence-corrected chi connectivity index (χ0v) is 11.7. The molecule has 0 aromatic heterocycles. The standard InChI is InChI=1S/C12H17NO5S/c1-16-10-6-8(9-4-3-5-18-9)7-11(17-2)12(10)19(13,14)15/h6-7,9H,3-5H2,1-2H3,(H2,13,14,15)/t9-/m1/s1. The number of methoxy groups -OCH3 is 2. The molecule has 1 aliphatic heterocycles. The minimum atomic E-state index is -3.92. The van der Waals surface area contributed by atoms with Gasteiger partial charge in [0.15, 0.2) is 4.90 Å². The van der Waals surface area contributed by atoms with Crippen LogP contribution >= 0.6 is 0 Å². The fourth-order valence-corrected chi connectivity index (χ4v) is 3.05. The van der Waals surface area contributed by atoms with Gasteiger partial charge in [-0.1, -0.05) is 0 Å². The fraction of sp³-hybridized carbons (Fsp3) is 0.500. The van der Waals surface area contributed by atoms with E-state index >= 15 is 0 Å². The van der Waals surface area contributed by atoms with Crippen LogP contribution in [0.5, 0.6) is 11.5 Å². The van der Waals surface area contributed by atoms with Crippen LogP contribution in [0.4, 0.5) is 0 Å². The molecule has 0 radical (unpaired) electrons. The molecule has 7 heteroatoms. The summed E-state index contributed by atoms with van der Waals surface area (Å²) in [6, 6.07) is 3.27. The van der Waals surface area contributed by atoms with Crippen molar-refractivity contribution in [3.05, 3.63) is 17.7 Å². The summed E-state index contributed by atoms with van der Waals surface area (Å²) in [6.07, 6.45) is 1.81. The van der Waals surface area contributed by atoms with Gasteiger partial charge in [0.05, 0.1) is 20.3 Å². The fourth-order valence-electron chi connectivity index (χ4n) is 2.21. The minimum absolute atomic E-state index is 0.0580. The molecule has 2 rings (SSSR count). The van der Waals surface area contributed by atoms with Crippen molar-refractivity contribution in [3.63, 3.8) is 0 Å². The molecule has 1 atom stereocenters. The van der Waals surface area contributed by atoms with E-state index in [0.29, 0.717) is 6.61 Å². The predicted molar refractivity (Wildman–Crippen MR) is 68.8 cm³/mol. The van der Waals surface area contributed by atoms with Crippen LogP contribution in [0.25, 0.3) is 0 Å². The summed E-state index contributed by atoms with van der Waals surface area (Å²) in [5.74, 6) is 0.347. The number of primary sulfonamides is 1. The molecule has 1 aliphatic rings. The second kappa shape index (κ2) is 5.36. The second-order valence-electron chi connectivity index (χ2n) is 4.30. The van der Waals surface area contributed by atoms with E-state index in [1.54, 1.807) is 12.1 Å². The zero-order chi connectivity index (χ0) is 14.0. The highest BCUT2D eigenvalue weighted by atomic mass is 32.2. The van der Waals surface area contributed by atoms with Crippen LogP contribution in [0.15, 0.2) is 17.0 Å². The van der Waals surface area contributed by atoms with Crippen molar-refractivity contribution in [3.8, 4) is 11.5 Å². The first-order valence-electron chi connectivity index (χ1n) is 5.87. The minimum Gasteiger partial charge on any atom is -0.495 e. The van der Waals surface area contributed by atoms with Crippen molar-refractivity contribution in [2.75, 3.05) is 20.8 Å². The van der Waals surface area contributed by atoms with E-state index in [9.17, 15) is 8.42 Å². The largest absolute Gasteiger partial charge is 0.495 e. The van der Waals surface area contributed by atoms with E-state index in [1.165, 1.54) is 14.2 Å². The van der Waals surface area contributed by atoms with Gasteiger partial charge >= 0.3 is 0 Å². The molecule has 1 aromatic carbocycles. The maximum absolute atomic E-state index is 11.6. The van der Waals surface area contributed by atoms with Crippen LogP contribution < -0.4 is 14.6 Å². The molecule has 1 heterocycles. The van der Waals surface area contributed by atoms with Crippen molar-refractivity contribution >= 4 is 10.0 Å². The molecule has 0 aliphatic carbocycles. The second-order valence-corrected chi connectivity index (χ2v) is 5.80. The lowest BCUT2D eigenvalue weighted by molar-refractivity contribution is 0.111. The summed E-state index contributed by atoms with van der Waals surface area (Å²) in [5.41, 5.74) is 0.832. The van der Waals surface area contributed by atoms with Gasteiger partial charge in [-0.15, -0.1) is 0 Å². The summed E-state index contributed by atoms with van der Waals surface area (Å²) < 4.78 is 39.0. The van der Waals surface area contributed by atoms with E-state index < -0.39 is 10.0 Å². The first-order chi connectivity index (χ1) is 8.97. The average Bonchev–Trinajstić information content (AvgIpc) is 2.89. The first-order valence-corrected chi connectivity index (χ1v) is 7.42. The van der Waals surface area contributed by atoms with E-state index in [0.717, 1.165) is 18.4 Å². The summed E-state index contributed by atoms with van der Waals surface area (Å²) in [7, 11) is -1.14. The van der Waals surface area contributed by atoms with Gasteiger partial charge in [0.2, 0.25) is 10.0 Å². The van der Waals surface area contributed by atoms with Gasteiger partial charge in [-0.2, -0.15) is 0 Å². The third-order valence-electron chi connectivity index (χ3n) is 3.07. The Morgan fingerprint density at radius 2 is 1.84 bits per heavy atom. The first kappa shape index (κ1) is 14.1. The molecule has 1 aromatic rings. The number of hydrogen-bond donors (Lipinski definition) is 1. The maximum atomic E-state index is 11.6. The number of ether oxygens (including phenoxy) is 3. The highest BCUT2D eigenvalue weighted by Gasteiger charge is 2.26. The highest BCUT2D eigenvalue weighted by Crippen LogP contribution is 2.38. The van der Waals surface area contributed by atoms with Gasteiger partial charge in [0.25, 0.3) is 0 Å². The third-order valence-corrected chi connectivity index (χ3v) is 4.04. The normalized spacial score (nSPS) is 19.4. The molecule has 1 fully saturated rings. The van der Waals surface area contributed by atoms with Crippen LogP contribution in [-0.4, -0.2) is 29.2 Å². The van der Waals surface area contributed by atoms with Crippen LogP contribution in [0.1, 0.15) is 24.5 Å². The topological polar surface area (TPSA) is 87.8 Å². The Kier molecular flexibility index (Phi) is 3.98. The van der Waals surface area contributed by atoms with Crippen LogP contribution in [0, 0.1) is 0 Å². The summed E-state index contributed by atoms with van der Waals surface area (Å²) in [6.45, 7) is 0.701. The number of nitrogens with two attached hydrogens (primary N) is 1. The predicted octanol–water partition coefficient (Wildman–Crippen LogP) is 1.20. The number of sulfonamides is 1. The molecule has 106 valence electrons. The van der Waals surface area contributed by atoms with Gasteiger partial charge < -0.3 is 14.2 Å². The van der Waals surface area contributed by atoms with Crippen LogP contribution in [-0.2, 0) is 14.8 Å². The van der Waals surface area contributed by atoms with Crippen LogP contribution in [0.2, 0.25) is 0 Å². The molecule has 2 N–H and O–H groups in total. The van der Waals surface area contributed by atoms with E-state index in [1.807, 2.05) is 0 Å². The lowest BCUT2D eigenvalue weighted by Gasteiger charge is -2.16. The Balaban J connectivity index is 2.57. The molecule has 0 spiro atoms. The van der Waals surface area contributed by atoms with E-state index in [2.05, 4.69) is 0 Å². The molecule has 1 saturated heterocycles. The number of hydrogen-bond acceptors (Lipinski definition) is 5. The lowest BCUT2D eigenvalue weighted by atomic mass is 10.1. The van der Waals surface area contributed by atoms with Crippen molar-refractivity contribution in [1.82, 2.24) is 0 Å². The van der Waals surface area contributed by atoms with Gasteiger partial charge in [0.1, 0.15) is 11.5 Å². The quantitative estimate of drug-likeness (QED) is 0.899. The summed E-state index contributed by atoms with van der Waals surface area (Å²) in [4.78, 5) is -0.140. The van der Waals surface area contributed by atoms with E-state index in [-0.39, 0.29) is 22.5 Å². The van der Waals surface area contributed by atoms with Crippen molar-refractivity contribution in [2.45, 2.75) is 23.8 Å². The highest BCUT2D eigenvalue weighted by molar-refractivity contribution is 7.89. The Morgan fingerprint density at radius 1 is 1.26 bits per heavy atom.